The monoisotopic (exact) mass is 353 g/mol. The van der Waals surface area contributed by atoms with E-state index in [9.17, 15) is 14.4 Å². The first kappa shape index (κ1) is 19.7. The lowest BCUT2D eigenvalue weighted by Crippen LogP contribution is -2.54. The van der Waals surface area contributed by atoms with E-state index in [-0.39, 0.29) is 30.3 Å². The molecule has 3 atom stereocenters. The number of cyclic esters (lactones) is 1. The third kappa shape index (κ3) is 4.33. The molecule has 25 heavy (non-hydrogen) atoms. The van der Waals surface area contributed by atoms with Crippen LogP contribution in [0.1, 0.15) is 60.8 Å². The molecule has 2 aliphatic rings. The molecule has 1 amide bonds. The van der Waals surface area contributed by atoms with Gasteiger partial charge in [0, 0.05) is 12.6 Å². The largest absolute Gasteiger partial charge is 0.465 e. The molecule has 2 rings (SSSR count). The van der Waals surface area contributed by atoms with Crippen LogP contribution in [0.25, 0.3) is 0 Å². The van der Waals surface area contributed by atoms with E-state index in [0.717, 1.165) is 12.8 Å². The van der Waals surface area contributed by atoms with Crippen molar-refractivity contribution in [3.8, 4) is 0 Å². The van der Waals surface area contributed by atoms with Crippen LogP contribution in [0.2, 0.25) is 0 Å². The van der Waals surface area contributed by atoms with E-state index in [2.05, 4.69) is 0 Å². The standard InChI is InChI=1S/C19H31NO5/c1-12-11-24-17(23)15(19(12,5)6)16(22)20-9-7-8-13(20)10-14(21)25-18(2,3)4/h12-13,15H,7-11H2,1-6H3. The van der Waals surface area contributed by atoms with Gasteiger partial charge in [0.2, 0.25) is 5.91 Å². The Balaban J connectivity index is 2.12. The Morgan fingerprint density at radius 1 is 1.32 bits per heavy atom. The van der Waals surface area contributed by atoms with Gasteiger partial charge < -0.3 is 14.4 Å². The number of amides is 1. The summed E-state index contributed by atoms with van der Waals surface area (Å²) in [6.07, 6.45) is 1.75. The molecule has 6 nitrogen and oxygen atoms in total. The van der Waals surface area contributed by atoms with Crippen LogP contribution in [0.4, 0.5) is 0 Å². The van der Waals surface area contributed by atoms with Gasteiger partial charge in [0.25, 0.3) is 0 Å². The smallest absolute Gasteiger partial charge is 0.319 e. The molecule has 0 bridgehead atoms. The van der Waals surface area contributed by atoms with E-state index in [1.165, 1.54) is 0 Å². The van der Waals surface area contributed by atoms with E-state index in [4.69, 9.17) is 9.47 Å². The molecule has 0 aromatic rings. The summed E-state index contributed by atoms with van der Waals surface area (Å²) in [6, 6.07) is -0.205. The minimum Gasteiger partial charge on any atom is -0.465 e. The van der Waals surface area contributed by atoms with E-state index >= 15 is 0 Å². The molecule has 142 valence electrons. The summed E-state index contributed by atoms with van der Waals surface area (Å²) in [5.74, 6) is -1.68. The van der Waals surface area contributed by atoms with Gasteiger partial charge in [-0.25, -0.2) is 0 Å². The summed E-state index contributed by atoms with van der Waals surface area (Å²) in [4.78, 5) is 39.3. The lowest BCUT2D eigenvalue weighted by molar-refractivity contribution is -0.175. The van der Waals surface area contributed by atoms with E-state index in [0.29, 0.717) is 13.2 Å². The molecular weight excluding hydrogens is 322 g/mol. The average molecular weight is 353 g/mol. The molecule has 0 radical (unpaired) electrons. The normalized spacial score (nSPS) is 29.3. The Hall–Kier alpha value is -1.59. The molecule has 2 saturated heterocycles. The fourth-order valence-electron chi connectivity index (χ4n) is 3.59. The van der Waals surface area contributed by atoms with Gasteiger partial charge >= 0.3 is 11.9 Å². The van der Waals surface area contributed by atoms with Crippen molar-refractivity contribution in [2.45, 2.75) is 72.4 Å². The molecule has 2 aliphatic heterocycles. The summed E-state index contributed by atoms with van der Waals surface area (Å²) in [6.45, 7) is 12.3. The summed E-state index contributed by atoms with van der Waals surface area (Å²) in [7, 11) is 0. The average Bonchev–Trinajstić information content (AvgIpc) is 2.88. The second-order valence-corrected chi connectivity index (χ2v) is 8.90. The molecule has 0 N–H and O–H groups in total. The highest BCUT2D eigenvalue weighted by Crippen LogP contribution is 2.41. The second-order valence-electron chi connectivity index (χ2n) is 8.90. The van der Waals surface area contributed by atoms with Gasteiger partial charge in [-0.1, -0.05) is 20.8 Å². The van der Waals surface area contributed by atoms with Crippen molar-refractivity contribution in [2.75, 3.05) is 13.2 Å². The van der Waals surface area contributed by atoms with Crippen molar-refractivity contribution in [3.63, 3.8) is 0 Å². The second kappa shape index (κ2) is 6.96. The quantitative estimate of drug-likeness (QED) is 0.576. The first-order chi connectivity index (χ1) is 11.4. The van der Waals surface area contributed by atoms with Crippen molar-refractivity contribution in [1.82, 2.24) is 4.90 Å². The van der Waals surface area contributed by atoms with Crippen molar-refractivity contribution < 1.29 is 23.9 Å². The minimum absolute atomic E-state index is 0.103. The van der Waals surface area contributed by atoms with Crippen molar-refractivity contribution in [2.24, 2.45) is 17.3 Å². The van der Waals surface area contributed by atoms with Gasteiger partial charge in [-0.3, -0.25) is 14.4 Å². The highest BCUT2D eigenvalue weighted by Gasteiger charge is 2.51. The number of hydrogen-bond donors (Lipinski definition) is 0. The molecule has 2 heterocycles. The van der Waals surface area contributed by atoms with Crippen molar-refractivity contribution in [3.05, 3.63) is 0 Å². The predicted octanol–water partition coefficient (Wildman–Crippen LogP) is 2.54. The van der Waals surface area contributed by atoms with Crippen LogP contribution in [0.5, 0.6) is 0 Å². The predicted molar refractivity (Wildman–Crippen MR) is 92.6 cm³/mol. The summed E-state index contributed by atoms with van der Waals surface area (Å²) >= 11 is 0. The number of rotatable bonds is 3. The van der Waals surface area contributed by atoms with Gasteiger partial charge in [-0.15, -0.1) is 0 Å². The van der Waals surface area contributed by atoms with Crippen LogP contribution in [-0.2, 0) is 23.9 Å². The van der Waals surface area contributed by atoms with Gasteiger partial charge in [0.1, 0.15) is 11.5 Å². The Morgan fingerprint density at radius 3 is 2.56 bits per heavy atom. The number of carbonyl (C=O) groups excluding carboxylic acids is 3. The first-order valence-electron chi connectivity index (χ1n) is 9.12. The highest BCUT2D eigenvalue weighted by atomic mass is 16.6. The SMILES string of the molecule is CC1COC(=O)C(C(=O)N2CCCC2CC(=O)OC(C)(C)C)C1(C)C. The third-order valence-corrected chi connectivity index (χ3v) is 5.45. The Morgan fingerprint density at radius 2 is 1.96 bits per heavy atom. The summed E-state index contributed by atoms with van der Waals surface area (Å²) in [5, 5.41) is 0. The number of esters is 2. The Kier molecular flexibility index (Phi) is 5.50. The number of ether oxygens (including phenoxy) is 2. The molecule has 0 aromatic heterocycles. The van der Waals surface area contributed by atoms with Crippen LogP contribution in [0.3, 0.4) is 0 Å². The number of carbonyl (C=O) groups is 3. The lowest BCUT2D eigenvalue weighted by atomic mass is 9.68. The molecule has 6 heteroatoms. The first-order valence-corrected chi connectivity index (χ1v) is 9.12. The van der Waals surface area contributed by atoms with Crippen LogP contribution in [0.15, 0.2) is 0 Å². The Bertz CT molecular complexity index is 549. The molecule has 0 saturated carbocycles. The van der Waals surface area contributed by atoms with Gasteiger partial charge in [-0.05, 0) is 44.9 Å². The van der Waals surface area contributed by atoms with Gasteiger partial charge in [0.05, 0.1) is 13.0 Å². The summed E-state index contributed by atoms with van der Waals surface area (Å²) in [5.41, 5.74) is -1.01. The van der Waals surface area contributed by atoms with Crippen LogP contribution in [-0.4, -0.2) is 47.5 Å². The zero-order valence-electron chi connectivity index (χ0n) is 16.3. The van der Waals surface area contributed by atoms with Crippen molar-refractivity contribution in [1.29, 1.82) is 0 Å². The van der Waals surface area contributed by atoms with Crippen LogP contribution < -0.4 is 0 Å². The molecule has 2 fully saturated rings. The maximum Gasteiger partial charge on any atom is 0.319 e. The van der Waals surface area contributed by atoms with Crippen molar-refractivity contribution >= 4 is 17.8 Å². The molecule has 0 aliphatic carbocycles. The molecule has 3 unspecified atom stereocenters. The zero-order valence-corrected chi connectivity index (χ0v) is 16.3. The minimum atomic E-state index is -0.810. The number of likely N-dealkylation sites (tertiary alicyclic amines) is 1. The highest BCUT2D eigenvalue weighted by molar-refractivity contribution is 5.99. The van der Waals surface area contributed by atoms with E-state index in [1.807, 2.05) is 41.5 Å². The van der Waals surface area contributed by atoms with Gasteiger partial charge in [0.15, 0.2) is 0 Å². The summed E-state index contributed by atoms with van der Waals surface area (Å²) < 4.78 is 10.6. The fraction of sp³-hybridized carbons (Fsp3) is 0.842. The zero-order chi connectivity index (χ0) is 19.0. The Labute approximate surface area is 150 Å². The molecular formula is C19H31NO5. The van der Waals surface area contributed by atoms with Crippen LogP contribution >= 0.6 is 0 Å². The van der Waals surface area contributed by atoms with Gasteiger partial charge in [-0.2, -0.15) is 0 Å². The molecule has 0 aromatic carbocycles. The number of nitrogens with zero attached hydrogens (tertiary/aromatic N) is 1. The maximum atomic E-state index is 13.1. The third-order valence-electron chi connectivity index (χ3n) is 5.45. The lowest BCUT2D eigenvalue weighted by Gasteiger charge is -2.43. The van der Waals surface area contributed by atoms with E-state index in [1.54, 1.807) is 4.90 Å². The van der Waals surface area contributed by atoms with Crippen LogP contribution in [0, 0.1) is 17.3 Å². The molecule has 0 spiro atoms. The van der Waals surface area contributed by atoms with E-state index < -0.39 is 22.9 Å². The number of hydrogen-bond acceptors (Lipinski definition) is 5. The maximum absolute atomic E-state index is 13.1. The topological polar surface area (TPSA) is 72.9 Å². The fourth-order valence-corrected chi connectivity index (χ4v) is 3.59.